The minimum Gasteiger partial charge on any atom is -0.311 e. The summed E-state index contributed by atoms with van der Waals surface area (Å²) in [6.07, 6.45) is 0. The van der Waals surface area contributed by atoms with Gasteiger partial charge in [0.25, 0.3) is 6.71 Å². The standard InChI is InChI=1S/C118H88BN3Si2/c1-118(2,3)93-68-72-112(106(80-93)87-47-21-8-22-48-87)121-113-71-67-90(85-43-17-6-18-44-85)77-108(113)119-107-70-69-94(120-110-65-35-32-62-104(110)105-63-33-36-66-111(105)120)81-114(107)122(109-64-34-31-61-103(109)86-45-19-7-20-46-86)116-79-92(78-115(121)117(116)119)91-75-101(123(95-51-23-9-24-52-95,96-53-25-10-26-54-96)99-59-37-49-88(73-99)83-39-13-4-14-40-83)82-102(76-91)124(97-55-27-11-28-56-97,98-57-29-12-30-58-98)100-60-38-50-89(74-100)84-41-15-5-16-42-84/h4-82H,1-3H3. The highest BCUT2D eigenvalue weighted by molar-refractivity contribution is 7.22. The summed E-state index contributed by atoms with van der Waals surface area (Å²) in [5.41, 5.74) is 28.6. The molecule has 0 N–H and O–H groups in total. The molecule has 0 unspecified atom stereocenters. The topological polar surface area (TPSA) is 11.4 Å². The van der Waals surface area contributed by atoms with E-state index in [0.29, 0.717) is 0 Å². The molecule has 0 fully saturated rings. The van der Waals surface area contributed by atoms with Crippen LogP contribution in [-0.4, -0.2) is 27.4 Å². The Hall–Kier alpha value is -14.9. The summed E-state index contributed by atoms with van der Waals surface area (Å²) in [7, 11) is -7.20. The molecule has 20 aromatic rings. The molecule has 19 aromatic carbocycles. The molecule has 0 bridgehead atoms. The molecule has 6 heteroatoms. The molecule has 0 atom stereocenters. The van der Waals surface area contributed by atoms with Crippen LogP contribution < -0.4 is 67.7 Å². The van der Waals surface area contributed by atoms with Gasteiger partial charge in [0.05, 0.1) is 22.4 Å². The average Bonchev–Trinajstić information content (AvgIpc) is 0.681. The maximum absolute atomic E-state index is 3.60. The lowest BCUT2D eigenvalue weighted by Gasteiger charge is -2.45. The smallest absolute Gasteiger partial charge is 0.252 e. The van der Waals surface area contributed by atoms with Gasteiger partial charge in [-0.1, -0.05) is 439 Å². The van der Waals surface area contributed by atoms with Gasteiger partial charge < -0.3 is 14.4 Å². The summed E-state index contributed by atoms with van der Waals surface area (Å²) in [6.45, 7) is 6.75. The average molecular weight is 1620 g/mol. The van der Waals surface area contributed by atoms with E-state index in [9.17, 15) is 0 Å². The molecule has 586 valence electrons. The Balaban J connectivity index is 0.936. The Kier molecular flexibility index (Phi) is 19.0. The van der Waals surface area contributed by atoms with Crippen LogP contribution in [0.15, 0.2) is 479 Å². The van der Waals surface area contributed by atoms with E-state index in [-0.39, 0.29) is 12.1 Å². The quantitative estimate of drug-likeness (QED) is 0.0665. The molecular formula is C118H88BN3Si2. The number of benzene rings is 19. The lowest BCUT2D eigenvalue weighted by Crippen LogP contribution is -2.78. The van der Waals surface area contributed by atoms with Crippen LogP contribution in [0, 0.1) is 0 Å². The predicted molar refractivity (Wildman–Crippen MR) is 533 cm³/mol. The Labute approximate surface area is 729 Å². The van der Waals surface area contributed by atoms with Gasteiger partial charge in [0.1, 0.15) is 0 Å². The van der Waals surface area contributed by atoms with E-state index in [1.165, 1.54) is 102 Å². The van der Waals surface area contributed by atoms with E-state index in [1.54, 1.807) is 0 Å². The molecular weight excluding hydrogens is 1530 g/mol. The SMILES string of the molecule is CC(C)(C)c1ccc(N2c3ccc(-c4ccccc4)cc3B3c4ccc(-n5c6ccccc6c6ccccc65)cc4N(c4ccccc4-c4ccccc4)c4cc(-c5cc([Si](c6ccccc6)(c6ccccc6)c6cccc(-c7ccccc7)c6)cc([Si](c6ccccc6)(c6ccccc6)c6cccc(-c7ccccc7)c6)c5)cc2c43)c(-c2ccccc2)c1. The number of hydrogen-bond acceptors (Lipinski definition) is 2. The monoisotopic (exact) mass is 1610 g/mol. The van der Waals surface area contributed by atoms with Crippen LogP contribution in [0.4, 0.5) is 34.1 Å². The van der Waals surface area contributed by atoms with Crippen LogP contribution in [0.3, 0.4) is 0 Å². The minimum atomic E-state index is -3.60. The molecule has 124 heavy (non-hydrogen) atoms. The van der Waals surface area contributed by atoms with Crippen LogP contribution >= 0.6 is 0 Å². The van der Waals surface area contributed by atoms with Gasteiger partial charge in [-0.3, -0.25) is 0 Å². The van der Waals surface area contributed by atoms with Crippen LogP contribution in [-0.2, 0) is 5.41 Å². The molecule has 0 amide bonds. The second-order valence-corrected chi connectivity index (χ2v) is 41.8. The Bertz CT molecular complexity index is 7070. The number of para-hydroxylation sites is 3. The third kappa shape index (κ3) is 12.8. The fraction of sp³-hybridized carbons (Fsp3) is 0.0339. The zero-order valence-corrected chi connectivity index (χ0v) is 71.5. The van der Waals surface area contributed by atoms with Crippen molar-refractivity contribution in [2.24, 2.45) is 0 Å². The van der Waals surface area contributed by atoms with Gasteiger partial charge in [0.15, 0.2) is 16.1 Å². The number of fused-ring (bicyclic) bond motifs is 7. The van der Waals surface area contributed by atoms with Gasteiger partial charge in [-0.25, -0.2) is 0 Å². The van der Waals surface area contributed by atoms with E-state index >= 15 is 0 Å². The first-order chi connectivity index (χ1) is 61.1. The van der Waals surface area contributed by atoms with E-state index in [1.807, 2.05) is 0 Å². The molecule has 0 spiro atoms. The van der Waals surface area contributed by atoms with Crippen molar-refractivity contribution < 1.29 is 0 Å². The zero-order chi connectivity index (χ0) is 82.9. The molecule has 2 aliphatic rings. The van der Waals surface area contributed by atoms with E-state index in [0.717, 1.165) is 89.8 Å². The highest BCUT2D eigenvalue weighted by Crippen LogP contribution is 2.51. The van der Waals surface area contributed by atoms with Crippen molar-refractivity contribution >= 4 is 137 Å². The van der Waals surface area contributed by atoms with Crippen LogP contribution in [0.2, 0.25) is 0 Å². The molecule has 22 rings (SSSR count). The van der Waals surface area contributed by atoms with Crippen molar-refractivity contribution in [1.29, 1.82) is 0 Å². The van der Waals surface area contributed by atoms with Crippen LogP contribution in [0.5, 0.6) is 0 Å². The van der Waals surface area contributed by atoms with Crippen LogP contribution in [0.1, 0.15) is 26.3 Å². The van der Waals surface area contributed by atoms with E-state index < -0.39 is 16.1 Å². The number of anilines is 6. The molecule has 2 aliphatic heterocycles. The first kappa shape index (κ1) is 75.3. The molecule has 0 saturated heterocycles. The van der Waals surface area contributed by atoms with E-state index in [2.05, 4.69) is 514 Å². The lowest BCUT2D eigenvalue weighted by atomic mass is 9.33. The summed E-state index contributed by atoms with van der Waals surface area (Å²) >= 11 is 0. The predicted octanol–water partition coefficient (Wildman–Crippen LogP) is 22.9. The van der Waals surface area contributed by atoms with Crippen molar-refractivity contribution in [3.63, 3.8) is 0 Å². The number of rotatable bonds is 17. The summed E-state index contributed by atoms with van der Waals surface area (Å²) in [6, 6.07) is 184. The maximum atomic E-state index is 2.73. The first-order valence-corrected chi connectivity index (χ1v) is 47.3. The Morgan fingerprint density at radius 3 is 1.05 bits per heavy atom. The summed E-state index contributed by atoms with van der Waals surface area (Å²) in [5, 5.41) is 12.7. The Morgan fingerprint density at radius 2 is 0.573 bits per heavy atom. The van der Waals surface area contributed by atoms with Gasteiger partial charge in [0, 0.05) is 50.3 Å². The van der Waals surface area contributed by atoms with Crippen molar-refractivity contribution in [2.75, 3.05) is 9.80 Å². The highest BCUT2D eigenvalue weighted by atomic mass is 28.3. The molecule has 0 saturated carbocycles. The summed E-state index contributed by atoms with van der Waals surface area (Å²) < 4.78 is 2.50. The second-order valence-electron chi connectivity index (χ2n) is 34.2. The number of aromatic nitrogens is 1. The lowest BCUT2D eigenvalue weighted by molar-refractivity contribution is 0.590. The normalized spacial score (nSPS) is 12.4. The Morgan fingerprint density at radius 1 is 0.210 bits per heavy atom. The van der Waals surface area contributed by atoms with Gasteiger partial charge in [0.2, 0.25) is 0 Å². The van der Waals surface area contributed by atoms with Gasteiger partial charge in [-0.15, -0.1) is 0 Å². The third-order valence-electron chi connectivity index (χ3n) is 26.2. The molecule has 0 radical (unpaired) electrons. The minimum absolute atomic E-state index is 0.171. The van der Waals surface area contributed by atoms with E-state index in [4.69, 9.17) is 0 Å². The van der Waals surface area contributed by atoms with Crippen molar-refractivity contribution in [2.45, 2.75) is 26.2 Å². The second kappa shape index (κ2) is 31.3. The van der Waals surface area contributed by atoms with Gasteiger partial charge in [-0.05, 0) is 185 Å². The largest absolute Gasteiger partial charge is 0.311 e. The summed E-state index contributed by atoms with van der Waals surface area (Å²) in [5.74, 6) is 0. The highest BCUT2D eigenvalue weighted by Gasteiger charge is 2.49. The van der Waals surface area contributed by atoms with Crippen molar-refractivity contribution in [3.8, 4) is 72.4 Å². The fourth-order valence-corrected chi connectivity index (χ4v) is 30.3. The van der Waals surface area contributed by atoms with Crippen LogP contribution in [0.25, 0.3) is 94.3 Å². The molecule has 0 aliphatic carbocycles. The molecule has 1 aromatic heterocycles. The van der Waals surface area contributed by atoms with Gasteiger partial charge >= 0.3 is 0 Å². The first-order valence-electron chi connectivity index (χ1n) is 43.3. The number of nitrogens with zero attached hydrogens (tertiary/aromatic N) is 3. The molecule has 3 heterocycles. The van der Waals surface area contributed by atoms with Gasteiger partial charge in [-0.2, -0.15) is 0 Å². The summed E-state index contributed by atoms with van der Waals surface area (Å²) in [4.78, 5) is 5.37. The maximum Gasteiger partial charge on any atom is 0.252 e. The number of hydrogen-bond donors (Lipinski definition) is 0. The molecule has 3 nitrogen and oxygen atoms in total. The zero-order valence-electron chi connectivity index (χ0n) is 69.5. The third-order valence-corrected chi connectivity index (χ3v) is 35.6. The van der Waals surface area contributed by atoms with Crippen molar-refractivity contribution in [3.05, 3.63) is 485 Å². The fourth-order valence-electron chi connectivity index (χ4n) is 20.5. The van der Waals surface area contributed by atoms with Crippen molar-refractivity contribution in [1.82, 2.24) is 4.57 Å².